The summed E-state index contributed by atoms with van der Waals surface area (Å²) in [6.07, 6.45) is 0.717. The van der Waals surface area contributed by atoms with Crippen molar-refractivity contribution >= 4 is 33.1 Å². The van der Waals surface area contributed by atoms with Gasteiger partial charge in [-0.2, -0.15) is 0 Å². The number of halogens is 1. The summed E-state index contributed by atoms with van der Waals surface area (Å²) in [7, 11) is 0. The second-order valence-electron chi connectivity index (χ2n) is 8.01. The third-order valence-electron chi connectivity index (χ3n) is 6.03. The van der Waals surface area contributed by atoms with Gasteiger partial charge in [0.15, 0.2) is 0 Å². The number of piperazine rings is 1. The Balaban J connectivity index is 1.46. The second kappa shape index (κ2) is 8.27. The normalized spacial score (nSPS) is 14.4. The Kier molecular flexibility index (Phi) is 5.32. The number of rotatable bonds is 4. The molecule has 0 spiro atoms. The van der Waals surface area contributed by atoms with E-state index in [1.54, 1.807) is 17.4 Å². The molecule has 6 heteroatoms. The molecule has 0 amide bonds. The van der Waals surface area contributed by atoms with Crippen LogP contribution in [0.3, 0.4) is 0 Å². The average molecular weight is 433 g/mol. The van der Waals surface area contributed by atoms with Gasteiger partial charge in [-0.1, -0.05) is 42.5 Å². The maximum atomic E-state index is 14.2. The number of hydrogen-bond acceptors (Lipinski definition) is 5. The highest BCUT2D eigenvalue weighted by molar-refractivity contribution is 7.18. The number of benzene rings is 2. The molecule has 0 atom stereocenters. The van der Waals surface area contributed by atoms with E-state index in [1.807, 2.05) is 18.2 Å². The van der Waals surface area contributed by atoms with Crippen molar-refractivity contribution in [3.63, 3.8) is 0 Å². The van der Waals surface area contributed by atoms with Gasteiger partial charge in [-0.25, -0.2) is 14.4 Å². The first-order valence-electron chi connectivity index (χ1n) is 10.6. The van der Waals surface area contributed by atoms with E-state index in [9.17, 15) is 4.39 Å². The molecule has 1 aliphatic rings. The van der Waals surface area contributed by atoms with Gasteiger partial charge in [0.1, 0.15) is 22.3 Å². The molecule has 4 nitrogen and oxygen atoms in total. The molecule has 31 heavy (non-hydrogen) atoms. The van der Waals surface area contributed by atoms with E-state index >= 15 is 0 Å². The molecule has 0 aliphatic carbocycles. The molecule has 4 aromatic rings. The second-order valence-corrected chi connectivity index (χ2v) is 9.22. The summed E-state index contributed by atoms with van der Waals surface area (Å²) >= 11 is 1.74. The molecular weight excluding hydrogens is 407 g/mol. The monoisotopic (exact) mass is 432 g/mol. The van der Waals surface area contributed by atoms with Crippen molar-refractivity contribution in [1.82, 2.24) is 9.97 Å². The van der Waals surface area contributed by atoms with E-state index in [0.717, 1.165) is 49.1 Å². The van der Waals surface area contributed by atoms with Gasteiger partial charge in [-0.05, 0) is 37.1 Å². The highest BCUT2D eigenvalue weighted by Gasteiger charge is 2.24. The first kappa shape index (κ1) is 19.9. The summed E-state index contributed by atoms with van der Waals surface area (Å²) in [5.41, 5.74) is 3.15. The van der Waals surface area contributed by atoms with Crippen molar-refractivity contribution in [2.24, 2.45) is 0 Å². The van der Waals surface area contributed by atoms with Crippen LogP contribution in [0.2, 0.25) is 0 Å². The Labute approximate surface area is 186 Å². The molecular formula is C25H25FN4S. The summed E-state index contributed by atoms with van der Waals surface area (Å²) in [5, 5.41) is 1.17. The van der Waals surface area contributed by atoms with E-state index in [2.05, 4.69) is 47.9 Å². The molecule has 5 rings (SSSR count). The Bertz CT molecular complexity index is 1210. The number of aryl methyl sites for hydroxylation is 2. The Morgan fingerprint density at radius 1 is 0.871 bits per heavy atom. The number of nitrogens with zero attached hydrogens (tertiary/aromatic N) is 4. The van der Waals surface area contributed by atoms with E-state index in [-0.39, 0.29) is 5.82 Å². The molecule has 0 radical (unpaired) electrons. The summed E-state index contributed by atoms with van der Waals surface area (Å²) < 4.78 is 14.2. The molecule has 2 aromatic carbocycles. The van der Waals surface area contributed by atoms with Gasteiger partial charge in [0.25, 0.3) is 0 Å². The topological polar surface area (TPSA) is 32.3 Å². The number of para-hydroxylation sites is 1. The van der Waals surface area contributed by atoms with Crippen molar-refractivity contribution < 1.29 is 4.39 Å². The number of hydrogen-bond donors (Lipinski definition) is 0. The number of anilines is 2. The minimum absolute atomic E-state index is 0.158. The number of aromatic nitrogens is 2. The predicted octanol–water partition coefficient (Wildman–Crippen LogP) is 5.36. The van der Waals surface area contributed by atoms with Gasteiger partial charge in [0.05, 0.1) is 11.1 Å². The van der Waals surface area contributed by atoms with Crippen LogP contribution in [0.1, 0.15) is 21.8 Å². The fourth-order valence-electron chi connectivity index (χ4n) is 4.23. The fraction of sp³-hybridized carbons (Fsp3) is 0.280. The van der Waals surface area contributed by atoms with Crippen molar-refractivity contribution in [2.45, 2.75) is 20.3 Å². The van der Waals surface area contributed by atoms with E-state index in [4.69, 9.17) is 9.97 Å². The summed E-state index contributed by atoms with van der Waals surface area (Å²) in [4.78, 5) is 16.8. The maximum absolute atomic E-state index is 14.2. The standard InChI is InChI=1S/C25H25FN4S/c1-17-18(2)31-25-23(17)24(27-22(28-25)16-19-8-4-3-5-9-19)30-14-12-29(13-15-30)21-11-7-6-10-20(21)26/h3-11H,12-16H2,1-2H3. The number of thiophene rings is 1. The van der Waals surface area contributed by atoms with Gasteiger partial charge in [0, 0.05) is 37.5 Å². The van der Waals surface area contributed by atoms with Crippen LogP contribution in [0, 0.1) is 19.7 Å². The van der Waals surface area contributed by atoms with Gasteiger partial charge >= 0.3 is 0 Å². The smallest absolute Gasteiger partial charge is 0.146 e. The van der Waals surface area contributed by atoms with Crippen LogP contribution < -0.4 is 9.80 Å². The first-order chi connectivity index (χ1) is 15.1. The Morgan fingerprint density at radius 3 is 2.29 bits per heavy atom. The van der Waals surface area contributed by atoms with E-state index < -0.39 is 0 Å². The highest BCUT2D eigenvalue weighted by Crippen LogP contribution is 2.36. The van der Waals surface area contributed by atoms with E-state index in [1.165, 1.54) is 27.5 Å². The average Bonchev–Trinajstić information content (AvgIpc) is 3.08. The van der Waals surface area contributed by atoms with Gasteiger partial charge in [-0.3, -0.25) is 0 Å². The van der Waals surface area contributed by atoms with Crippen LogP contribution in [0.4, 0.5) is 15.9 Å². The third-order valence-corrected chi connectivity index (χ3v) is 7.13. The molecule has 2 aromatic heterocycles. The molecule has 1 aliphatic heterocycles. The summed E-state index contributed by atoms with van der Waals surface area (Å²) in [6.45, 7) is 7.45. The number of fused-ring (bicyclic) bond motifs is 1. The van der Waals surface area contributed by atoms with Crippen molar-refractivity contribution in [3.05, 3.63) is 82.2 Å². The van der Waals surface area contributed by atoms with Crippen molar-refractivity contribution in [3.8, 4) is 0 Å². The van der Waals surface area contributed by atoms with Crippen LogP contribution >= 0.6 is 11.3 Å². The molecule has 0 saturated carbocycles. The van der Waals surface area contributed by atoms with Crippen LogP contribution in [-0.4, -0.2) is 36.1 Å². The zero-order valence-electron chi connectivity index (χ0n) is 17.8. The molecule has 1 saturated heterocycles. The summed E-state index contributed by atoms with van der Waals surface area (Å²) in [6, 6.07) is 17.4. The zero-order valence-corrected chi connectivity index (χ0v) is 18.6. The SMILES string of the molecule is Cc1sc2nc(Cc3ccccc3)nc(N3CCN(c4ccccc4F)CC3)c2c1C. The van der Waals surface area contributed by atoms with E-state index in [0.29, 0.717) is 5.69 Å². The Hall–Kier alpha value is -2.99. The fourth-order valence-corrected chi connectivity index (χ4v) is 5.27. The van der Waals surface area contributed by atoms with Crippen LogP contribution in [-0.2, 0) is 6.42 Å². The molecule has 1 fully saturated rings. The molecule has 3 heterocycles. The van der Waals surface area contributed by atoms with Crippen LogP contribution in [0.25, 0.3) is 10.2 Å². The predicted molar refractivity (Wildman–Crippen MR) is 127 cm³/mol. The minimum atomic E-state index is -0.158. The summed E-state index contributed by atoms with van der Waals surface area (Å²) in [5.74, 6) is 1.72. The quantitative estimate of drug-likeness (QED) is 0.434. The lowest BCUT2D eigenvalue weighted by molar-refractivity contribution is 0.596. The lowest BCUT2D eigenvalue weighted by Crippen LogP contribution is -2.47. The lowest BCUT2D eigenvalue weighted by Gasteiger charge is -2.37. The molecule has 158 valence electrons. The van der Waals surface area contributed by atoms with Crippen LogP contribution in [0.5, 0.6) is 0 Å². The zero-order chi connectivity index (χ0) is 21.4. The highest BCUT2D eigenvalue weighted by atomic mass is 32.1. The molecule has 0 bridgehead atoms. The van der Waals surface area contributed by atoms with Gasteiger partial charge in [0.2, 0.25) is 0 Å². The lowest BCUT2D eigenvalue weighted by atomic mass is 10.1. The van der Waals surface area contributed by atoms with Gasteiger partial charge in [-0.15, -0.1) is 11.3 Å². The maximum Gasteiger partial charge on any atom is 0.146 e. The largest absolute Gasteiger partial charge is 0.366 e. The molecule has 0 unspecified atom stereocenters. The minimum Gasteiger partial charge on any atom is -0.366 e. The Morgan fingerprint density at radius 2 is 1.55 bits per heavy atom. The first-order valence-corrected chi connectivity index (χ1v) is 11.5. The van der Waals surface area contributed by atoms with Crippen molar-refractivity contribution in [1.29, 1.82) is 0 Å². The third kappa shape index (κ3) is 3.88. The van der Waals surface area contributed by atoms with Crippen LogP contribution in [0.15, 0.2) is 54.6 Å². The van der Waals surface area contributed by atoms with Gasteiger partial charge < -0.3 is 9.80 Å². The van der Waals surface area contributed by atoms with Crippen molar-refractivity contribution in [2.75, 3.05) is 36.0 Å². The molecule has 0 N–H and O–H groups in total.